The Hall–Kier alpha value is -1.53. The van der Waals surface area contributed by atoms with Gasteiger partial charge in [-0.1, -0.05) is 46.3 Å². The molecule has 0 fully saturated rings. The zero-order valence-electron chi connectivity index (χ0n) is 11.1. The highest BCUT2D eigenvalue weighted by atomic mass is 79.9. The molecule has 0 aromatic heterocycles. The Morgan fingerprint density at radius 1 is 1.24 bits per heavy atom. The number of benzene rings is 2. The Bertz CT molecular complexity index is 622. The Kier molecular flexibility index (Phi) is 5.64. The smallest absolute Gasteiger partial charge is 0.274 e. The quantitative estimate of drug-likeness (QED) is 0.466. The third-order valence-electron chi connectivity index (χ3n) is 3.01. The second-order valence-electron chi connectivity index (χ2n) is 4.50. The minimum Gasteiger partial charge on any atom is -0.493 e. The molecule has 2 aromatic carbocycles. The lowest BCUT2D eigenvalue weighted by molar-refractivity contribution is -0.385. The summed E-state index contributed by atoms with van der Waals surface area (Å²) in [6, 6.07) is 14.5. The molecule has 0 heterocycles. The molecule has 6 heteroatoms. The highest BCUT2D eigenvalue weighted by molar-refractivity contribution is 9.10. The Balaban J connectivity index is 2.10. The van der Waals surface area contributed by atoms with E-state index in [1.807, 2.05) is 30.3 Å². The van der Waals surface area contributed by atoms with Crippen LogP contribution in [0.25, 0.3) is 0 Å². The third-order valence-corrected chi connectivity index (χ3v) is 3.91. The van der Waals surface area contributed by atoms with E-state index in [2.05, 4.69) is 28.6 Å². The van der Waals surface area contributed by atoms with Gasteiger partial charge in [-0.25, -0.2) is 0 Å². The molecule has 0 aliphatic rings. The van der Waals surface area contributed by atoms with Crippen LogP contribution in [0.15, 0.2) is 53.0 Å². The van der Waals surface area contributed by atoms with E-state index < -0.39 is 4.92 Å². The zero-order chi connectivity index (χ0) is 15.2. The molecular formula is C15H14BrNO3S. The fraction of sp³-hybridized carbons (Fsp3) is 0.200. The molecule has 0 saturated heterocycles. The molecule has 0 bridgehead atoms. The van der Waals surface area contributed by atoms with Gasteiger partial charge in [0.2, 0.25) is 0 Å². The maximum Gasteiger partial charge on any atom is 0.274 e. The van der Waals surface area contributed by atoms with Gasteiger partial charge >= 0.3 is 0 Å². The van der Waals surface area contributed by atoms with Crippen molar-refractivity contribution in [2.75, 3.05) is 12.4 Å². The van der Waals surface area contributed by atoms with Gasteiger partial charge in [0.1, 0.15) is 5.75 Å². The summed E-state index contributed by atoms with van der Waals surface area (Å²) < 4.78 is 6.32. The molecule has 110 valence electrons. The van der Waals surface area contributed by atoms with Crippen LogP contribution in [-0.4, -0.2) is 17.3 Å². The maximum absolute atomic E-state index is 10.8. The zero-order valence-corrected chi connectivity index (χ0v) is 13.6. The molecule has 0 saturated carbocycles. The fourth-order valence-electron chi connectivity index (χ4n) is 1.91. The predicted octanol–water partition coefficient (Wildman–Crippen LogP) is 4.45. The van der Waals surface area contributed by atoms with E-state index in [4.69, 9.17) is 4.74 Å². The van der Waals surface area contributed by atoms with Gasteiger partial charge in [0.25, 0.3) is 5.69 Å². The molecule has 0 aliphatic carbocycles. The van der Waals surface area contributed by atoms with E-state index in [1.54, 1.807) is 6.07 Å². The summed E-state index contributed by atoms with van der Waals surface area (Å²) in [6.07, 6.45) is 0. The molecule has 4 nitrogen and oxygen atoms in total. The molecular weight excluding hydrogens is 354 g/mol. The van der Waals surface area contributed by atoms with Gasteiger partial charge in [-0.05, 0) is 11.6 Å². The Morgan fingerprint density at radius 3 is 2.57 bits per heavy atom. The lowest BCUT2D eigenvalue weighted by Gasteiger charge is -2.16. The van der Waals surface area contributed by atoms with Gasteiger partial charge in [0, 0.05) is 22.2 Å². The fourth-order valence-corrected chi connectivity index (χ4v) is 2.69. The molecule has 2 aromatic rings. The van der Waals surface area contributed by atoms with Crippen molar-refractivity contribution in [2.24, 2.45) is 0 Å². The lowest BCUT2D eigenvalue weighted by atomic mass is 10.0. The molecule has 1 atom stereocenters. The van der Waals surface area contributed by atoms with Crippen LogP contribution in [0.3, 0.4) is 0 Å². The number of hydrogen-bond acceptors (Lipinski definition) is 4. The molecule has 0 aliphatic heterocycles. The highest BCUT2D eigenvalue weighted by Gasteiger charge is 2.13. The van der Waals surface area contributed by atoms with E-state index >= 15 is 0 Å². The van der Waals surface area contributed by atoms with Gasteiger partial charge in [0.05, 0.1) is 17.6 Å². The van der Waals surface area contributed by atoms with Crippen LogP contribution in [0.4, 0.5) is 5.69 Å². The summed E-state index contributed by atoms with van der Waals surface area (Å²) in [5.41, 5.74) is 1.14. The Labute approximate surface area is 136 Å². The first-order chi connectivity index (χ1) is 10.1. The van der Waals surface area contributed by atoms with E-state index in [9.17, 15) is 10.1 Å². The van der Waals surface area contributed by atoms with E-state index in [0.717, 1.165) is 5.56 Å². The van der Waals surface area contributed by atoms with Crippen LogP contribution >= 0.6 is 28.6 Å². The average molecular weight is 368 g/mol. The molecule has 0 spiro atoms. The second-order valence-corrected chi connectivity index (χ2v) is 5.78. The van der Waals surface area contributed by atoms with Gasteiger partial charge in [0.15, 0.2) is 0 Å². The minimum atomic E-state index is -0.440. The third kappa shape index (κ3) is 4.47. The number of hydrogen-bond donors (Lipinski definition) is 1. The van der Waals surface area contributed by atoms with Crippen molar-refractivity contribution in [1.82, 2.24) is 0 Å². The second kappa shape index (κ2) is 7.47. The van der Waals surface area contributed by atoms with E-state index in [0.29, 0.717) is 22.6 Å². The summed E-state index contributed by atoms with van der Waals surface area (Å²) in [7, 11) is 0. The van der Waals surface area contributed by atoms with Gasteiger partial charge in [-0.15, -0.1) is 0 Å². The summed E-state index contributed by atoms with van der Waals surface area (Å²) in [4.78, 5) is 10.4. The molecule has 2 rings (SSSR count). The number of halogens is 1. The van der Waals surface area contributed by atoms with E-state index in [1.165, 1.54) is 12.1 Å². The van der Waals surface area contributed by atoms with Crippen molar-refractivity contribution in [1.29, 1.82) is 0 Å². The molecule has 0 N–H and O–H groups in total. The summed E-state index contributed by atoms with van der Waals surface area (Å²) >= 11 is 7.60. The topological polar surface area (TPSA) is 52.4 Å². The predicted molar refractivity (Wildman–Crippen MR) is 89.3 cm³/mol. The minimum absolute atomic E-state index is 0.00140. The van der Waals surface area contributed by atoms with Crippen LogP contribution in [0.1, 0.15) is 11.5 Å². The monoisotopic (exact) mass is 367 g/mol. The highest BCUT2D eigenvalue weighted by Crippen LogP contribution is 2.27. The SMILES string of the molecule is O=[N+]([O-])c1cc(Br)cc(OCC(CS)c2ccccc2)c1. The van der Waals surface area contributed by atoms with Crippen LogP contribution in [0.5, 0.6) is 5.75 Å². The standard InChI is InChI=1S/C15H14BrNO3S/c16-13-6-14(17(18)19)8-15(7-13)20-9-12(10-21)11-4-2-1-3-5-11/h1-8,12,21H,9-10H2. The van der Waals surface area contributed by atoms with Gasteiger partial charge < -0.3 is 4.74 Å². The summed E-state index contributed by atoms with van der Waals surface area (Å²) in [6.45, 7) is 0.418. The maximum atomic E-state index is 10.8. The normalized spacial score (nSPS) is 11.9. The van der Waals surface area contributed by atoms with Crippen molar-refractivity contribution in [2.45, 2.75) is 5.92 Å². The molecule has 21 heavy (non-hydrogen) atoms. The number of nitro benzene ring substituents is 1. The van der Waals surface area contributed by atoms with Crippen LogP contribution in [0.2, 0.25) is 0 Å². The number of ether oxygens (including phenoxy) is 1. The van der Waals surface area contributed by atoms with E-state index in [-0.39, 0.29) is 11.6 Å². The number of rotatable bonds is 6. The first kappa shape index (κ1) is 15.9. The van der Waals surface area contributed by atoms with Crippen molar-refractivity contribution < 1.29 is 9.66 Å². The van der Waals surface area contributed by atoms with Crippen molar-refractivity contribution in [3.63, 3.8) is 0 Å². The van der Waals surface area contributed by atoms with Crippen LogP contribution < -0.4 is 4.74 Å². The average Bonchev–Trinajstić information content (AvgIpc) is 2.48. The van der Waals surface area contributed by atoms with Crippen LogP contribution in [0, 0.1) is 10.1 Å². The number of nitro groups is 1. The van der Waals surface area contributed by atoms with Gasteiger partial charge in [-0.2, -0.15) is 12.6 Å². The molecule has 0 amide bonds. The lowest BCUT2D eigenvalue weighted by Crippen LogP contribution is -2.12. The summed E-state index contributed by atoms with van der Waals surface area (Å²) in [5.74, 6) is 1.24. The Morgan fingerprint density at radius 2 is 1.95 bits per heavy atom. The van der Waals surface area contributed by atoms with Gasteiger partial charge in [-0.3, -0.25) is 10.1 Å². The van der Waals surface area contributed by atoms with Crippen molar-refractivity contribution in [3.8, 4) is 5.75 Å². The molecule has 1 unspecified atom stereocenters. The van der Waals surface area contributed by atoms with Crippen LogP contribution in [-0.2, 0) is 0 Å². The van der Waals surface area contributed by atoms with Crippen molar-refractivity contribution >= 4 is 34.2 Å². The van der Waals surface area contributed by atoms with Crippen molar-refractivity contribution in [3.05, 3.63) is 68.7 Å². The first-order valence-corrected chi connectivity index (χ1v) is 7.76. The largest absolute Gasteiger partial charge is 0.493 e. The number of thiol groups is 1. The summed E-state index contributed by atoms with van der Waals surface area (Å²) in [5, 5.41) is 10.8. The number of nitrogens with zero attached hydrogens (tertiary/aromatic N) is 1. The first-order valence-electron chi connectivity index (χ1n) is 6.33. The number of non-ortho nitro benzene ring substituents is 1. The molecule has 0 radical (unpaired) electrons.